The molecule has 1 N–H and O–H groups in total. The Morgan fingerprint density at radius 1 is 1.14 bits per heavy atom. The van der Waals surface area contributed by atoms with Crippen LogP contribution in [0.15, 0.2) is 41.0 Å². The first-order chi connectivity index (χ1) is 10.1. The number of aromatic nitrogens is 2. The van der Waals surface area contributed by atoms with Gasteiger partial charge in [0, 0.05) is 11.3 Å². The molecule has 0 atom stereocenters. The molecule has 3 rings (SSSR count). The Morgan fingerprint density at radius 3 is 2.48 bits per heavy atom. The first kappa shape index (κ1) is 13.3. The Labute approximate surface area is 123 Å². The molecule has 1 aliphatic heterocycles. The number of carbonyl (C=O) groups is 1. The van der Waals surface area contributed by atoms with E-state index in [0.717, 1.165) is 22.6 Å². The van der Waals surface area contributed by atoms with Crippen molar-refractivity contribution in [3.63, 3.8) is 0 Å². The maximum absolute atomic E-state index is 11.8. The molecule has 0 unspecified atom stereocenters. The summed E-state index contributed by atoms with van der Waals surface area (Å²) in [4.78, 5) is 11.8. The van der Waals surface area contributed by atoms with Crippen LogP contribution in [-0.4, -0.2) is 21.4 Å². The molecule has 1 aliphatic rings. The highest BCUT2D eigenvalue weighted by Gasteiger charge is 2.20. The molecule has 2 heterocycles. The van der Waals surface area contributed by atoms with E-state index >= 15 is 0 Å². The minimum atomic E-state index is -0.168. The molecule has 0 radical (unpaired) electrons. The zero-order valence-corrected chi connectivity index (χ0v) is 12.2. The number of nitrogens with zero attached hydrogens (tertiary/aromatic N) is 3. The minimum absolute atomic E-state index is 0.168. The predicted molar refractivity (Wildman–Crippen MR) is 82.3 cm³/mol. The van der Waals surface area contributed by atoms with E-state index in [4.69, 9.17) is 0 Å². The molecule has 0 saturated carbocycles. The summed E-state index contributed by atoms with van der Waals surface area (Å²) in [6.07, 6.45) is 1.86. The van der Waals surface area contributed by atoms with Crippen molar-refractivity contribution in [2.24, 2.45) is 5.10 Å². The normalized spacial score (nSPS) is 16.2. The van der Waals surface area contributed by atoms with Gasteiger partial charge in [0.15, 0.2) is 0 Å². The second-order valence-corrected chi connectivity index (χ2v) is 5.03. The maximum atomic E-state index is 11.8. The number of nitrogens with one attached hydrogen (secondary N) is 1. The lowest BCUT2D eigenvalue weighted by molar-refractivity contribution is -0.116. The molecule has 21 heavy (non-hydrogen) atoms. The van der Waals surface area contributed by atoms with Crippen LogP contribution in [0.25, 0.3) is 11.8 Å². The van der Waals surface area contributed by atoms with Gasteiger partial charge in [-0.2, -0.15) is 10.2 Å². The Hall–Kier alpha value is -2.69. The highest BCUT2D eigenvalue weighted by molar-refractivity contribution is 6.26. The van der Waals surface area contributed by atoms with Crippen molar-refractivity contribution >= 4 is 17.7 Å². The summed E-state index contributed by atoms with van der Waals surface area (Å²) in [7, 11) is 0. The van der Waals surface area contributed by atoms with E-state index in [-0.39, 0.29) is 5.91 Å². The number of hydrazone groups is 1. The van der Waals surface area contributed by atoms with Gasteiger partial charge in [-0.25, -0.2) is 10.1 Å². The fourth-order valence-corrected chi connectivity index (χ4v) is 2.42. The summed E-state index contributed by atoms with van der Waals surface area (Å²) >= 11 is 0. The van der Waals surface area contributed by atoms with Gasteiger partial charge in [0.25, 0.3) is 5.91 Å². The largest absolute Gasteiger partial charge is 0.273 e. The molecule has 1 aromatic heterocycles. The molecular weight excluding hydrogens is 264 g/mol. The molecular formula is C16H16N4O. The van der Waals surface area contributed by atoms with Crippen LogP contribution in [-0.2, 0) is 4.79 Å². The zero-order valence-electron chi connectivity index (χ0n) is 12.2. The lowest BCUT2D eigenvalue weighted by Gasteiger charge is -2.04. The summed E-state index contributed by atoms with van der Waals surface area (Å²) in [6, 6.07) is 9.94. The topological polar surface area (TPSA) is 59.3 Å². The number of hydrogen-bond donors (Lipinski definition) is 1. The van der Waals surface area contributed by atoms with Gasteiger partial charge in [-0.05, 0) is 39.0 Å². The number of carbonyl (C=O) groups excluding carboxylic acids is 1. The molecule has 5 heteroatoms. The molecule has 5 nitrogen and oxygen atoms in total. The van der Waals surface area contributed by atoms with Crippen LogP contribution >= 0.6 is 0 Å². The van der Waals surface area contributed by atoms with Gasteiger partial charge < -0.3 is 0 Å². The number of para-hydroxylation sites is 1. The first-order valence-electron chi connectivity index (χ1n) is 6.76. The summed E-state index contributed by atoms with van der Waals surface area (Å²) < 4.78 is 1.89. The van der Waals surface area contributed by atoms with E-state index in [1.165, 1.54) is 0 Å². The van der Waals surface area contributed by atoms with Crippen molar-refractivity contribution < 1.29 is 4.79 Å². The van der Waals surface area contributed by atoms with Crippen LogP contribution in [0.5, 0.6) is 0 Å². The van der Waals surface area contributed by atoms with E-state index in [0.29, 0.717) is 11.3 Å². The average molecular weight is 280 g/mol. The van der Waals surface area contributed by atoms with Gasteiger partial charge in [0.05, 0.1) is 22.7 Å². The van der Waals surface area contributed by atoms with Crippen LogP contribution in [0, 0.1) is 13.8 Å². The van der Waals surface area contributed by atoms with Crippen LogP contribution in [0.1, 0.15) is 23.9 Å². The Kier molecular flexibility index (Phi) is 3.17. The molecule has 0 aliphatic carbocycles. The molecule has 2 aromatic rings. The van der Waals surface area contributed by atoms with Gasteiger partial charge in [0.2, 0.25) is 0 Å². The predicted octanol–water partition coefficient (Wildman–Crippen LogP) is 2.38. The van der Waals surface area contributed by atoms with E-state index in [9.17, 15) is 4.79 Å². The molecule has 0 fully saturated rings. The van der Waals surface area contributed by atoms with Gasteiger partial charge in [-0.3, -0.25) is 4.79 Å². The van der Waals surface area contributed by atoms with Gasteiger partial charge in [-0.15, -0.1) is 0 Å². The van der Waals surface area contributed by atoms with E-state index < -0.39 is 0 Å². The third-order valence-electron chi connectivity index (χ3n) is 3.60. The Morgan fingerprint density at radius 2 is 1.86 bits per heavy atom. The number of rotatable bonds is 2. The molecule has 0 bridgehead atoms. The smallest absolute Gasteiger partial charge is 0.267 e. The Bertz CT molecular complexity index is 769. The second-order valence-electron chi connectivity index (χ2n) is 5.03. The summed E-state index contributed by atoms with van der Waals surface area (Å²) in [5.41, 5.74) is 7.61. The summed E-state index contributed by atoms with van der Waals surface area (Å²) in [5.74, 6) is -0.168. The van der Waals surface area contributed by atoms with Crippen molar-refractivity contribution in [1.82, 2.24) is 15.2 Å². The molecule has 0 spiro atoms. The van der Waals surface area contributed by atoms with Crippen molar-refractivity contribution in [3.8, 4) is 5.69 Å². The summed E-state index contributed by atoms with van der Waals surface area (Å²) in [5, 5.41) is 8.51. The van der Waals surface area contributed by atoms with Crippen LogP contribution < -0.4 is 5.43 Å². The molecule has 1 aromatic carbocycles. The fourth-order valence-electron chi connectivity index (χ4n) is 2.42. The van der Waals surface area contributed by atoms with Gasteiger partial charge in [0.1, 0.15) is 0 Å². The number of benzene rings is 1. The van der Waals surface area contributed by atoms with Crippen molar-refractivity contribution in [2.45, 2.75) is 20.8 Å². The van der Waals surface area contributed by atoms with E-state index in [1.807, 2.05) is 61.9 Å². The summed E-state index contributed by atoms with van der Waals surface area (Å²) in [6.45, 7) is 5.76. The molecule has 0 saturated heterocycles. The zero-order chi connectivity index (χ0) is 15.0. The van der Waals surface area contributed by atoms with Crippen molar-refractivity contribution in [2.75, 3.05) is 0 Å². The maximum Gasteiger partial charge on any atom is 0.273 e. The highest BCUT2D eigenvalue weighted by atomic mass is 16.2. The Balaban J connectivity index is 2.10. The number of amides is 1. The van der Waals surface area contributed by atoms with Gasteiger partial charge in [-0.1, -0.05) is 18.2 Å². The van der Waals surface area contributed by atoms with Crippen molar-refractivity contribution in [3.05, 3.63) is 52.9 Å². The van der Waals surface area contributed by atoms with Gasteiger partial charge >= 0.3 is 0 Å². The SMILES string of the molecule is CC1=NNC(=O)C1=Cc1c(C)nn(-c2ccccc2)c1C. The lowest BCUT2D eigenvalue weighted by Crippen LogP contribution is -2.12. The second kappa shape index (κ2) is 5.01. The van der Waals surface area contributed by atoms with E-state index in [2.05, 4.69) is 15.6 Å². The average Bonchev–Trinajstić information content (AvgIpc) is 2.95. The number of hydrogen-bond acceptors (Lipinski definition) is 3. The lowest BCUT2D eigenvalue weighted by atomic mass is 10.1. The number of aryl methyl sites for hydroxylation is 1. The molecule has 1 amide bonds. The minimum Gasteiger partial charge on any atom is -0.267 e. The van der Waals surface area contributed by atoms with Crippen LogP contribution in [0.2, 0.25) is 0 Å². The third-order valence-corrected chi connectivity index (χ3v) is 3.60. The quantitative estimate of drug-likeness (QED) is 0.859. The monoisotopic (exact) mass is 280 g/mol. The third kappa shape index (κ3) is 2.27. The van der Waals surface area contributed by atoms with Crippen LogP contribution in [0.4, 0.5) is 0 Å². The van der Waals surface area contributed by atoms with E-state index in [1.54, 1.807) is 0 Å². The molecule has 106 valence electrons. The van der Waals surface area contributed by atoms with Crippen LogP contribution in [0.3, 0.4) is 0 Å². The standard InChI is InChI=1S/C16H16N4O/c1-10-15(16(21)18-17-10)9-14-11(2)19-20(12(14)3)13-7-5-4-6-8-13/h4-9H,1-3H3,(H,18,21). The fraction of sp³-hybridized carbons (Fsp3) is 0.188. The first-order valence-corrected chi connectivity index (χ1v) is 6.76. The highest BCUT2D eigenvalue weighted by Crippen LogP contribution is 2.21. The van der Waals surface area contributed by atoms with Crippen molar-refractivity contribution in [1.29, 1.82) is 0 Å².